The second-order valence-corrected chi connectivity index (χ2v) is 5.63. The number of aliphatic carboxylic acids is 1. The molecule has 0 amide bonds. The number of carboxylic acid groups (broad SMARTS) is 1. The predicted molar refractivity (Wildman–Crippen MR) is 69.8 cm³/mol. The SMILES string of the molecule is O=C(O)C(CSc1ccc(Cl)cc1)NC1CC1. The largest absolute Gasteiger partial charge is 0.480 e. The molecule has 92 valence electrons. The van der Waals surface area contributed by atoms with Crippen molar-refractivity contribution in [2.24, 2.45) is 0 Å². The third-order valence-corrected chi connectivity index (χ3v) is 3.90. The van der Waals surface area contributed by atoms with E-state index < -0.39 is 12.0 Å². The molecule has 1 aliphatic rings. The van der Waals surface area contributed by atoms with Crippen molar-refractivity contribution in [3.63, 3.8) is 0 Å². The van der Waals surface area contributed by atoms with Crippen LogP contribution in [0.25, 0.3) is 0 Å². The van der Waals surface area contributed by atoms with Crippen LogP contribution in [-0.4, -0.2) is 28.9 Å². The molecule has 1 aliphatic carbocycles. The van der Waals surface area contributed by atoms with Crippen molar-refractivity contribution in [1.82, 2.24) is 5.32 Å². The summed E-state index contributed by atoms with van der Waals surface area (Å²) in [6.07, 6.45) is 2.19. The maximum absolute atomic E-state index is 11.0. The maximum Gasteiger partial charge on any atom is 0.321 e. The fraction of sp³-hybridized carbons (Fsp3) is 0.417. The molecule has 0 aromatic heterocycles. The van der Waals surface area contributed by atoms with Crippen LogP contribution in [0.1, 0.15) is 12.8 Å². The first kappa shape index (κ1) is 12.7. The standard InChI is InChI=1S/C12H14ClNO2S/c13-8-1-5-10(6-2-8)17-7-11(12(15)16)14-9-3-4-9/h1-2,5-6,9,11,14H,3-4,7H2,(H,15,16). The number of halogens is 1. The van der Waals surface area contributed by atoms with Crippen molar-refractivity contribution >= 4 is 29.3 Å². The number of benzene rings is 1. The molecule has 0 radical (unpaired) electrons. The summed E-state index contributed by atoms with van der Waals surface area (Å²) in [7, 11) is 0. The lowest BCUT2D eigenvalue weighted by Crippen LogP contribution is -2.40. The van der Waals surface area contributed by atoms with E-state index in [2.05, 4.69) is 5.32 Å². The highest BCUT2D eigenvalue weighted by atomic mass is 35.5. The normalized spacial score (nSPS) is 16.8. The van der Waals surface area contributed by atoms with Crippen molar-refractivity contribution in [2.45, 2.75) is 29.8 Å². The summed E-state index contributed by atoms with van der Waals surface area (Å²) in [4.78, 5) is 12.1. The topological polar surface area (TPSA) is 49.3 Å². The van der Waals surface area contributed by atoms with E-state index >= 15 is 0 Å². The van der Waals surface area contributed by atoms with Crippen LogP contribution in [0.5, 0.6) is 0 Å². The summed E-state index contributed by atoms with van der Waals surface area (Å²) in [5.41, 5.74) is 0. The van der Waals surface area contributed by atoms with Crippen LogP contribution in [0.3, 0.4) is 0 Å². The van der Waals surface area contributed by atoms with Crippen molar-refractivity contribution in [3.05, 3.63) is 29.3 Å². The molecular formula is C12H14ClNO2S. The van der Waals surface area contributed by atoms with E-state index in [-0.39, 0.29) is 0 Å². The summed E-state index contributed by atoms with van der Waals surface area (Å²) in [6.45, 7) is 0. The Labute approximate surface area is 110 Å². The quantitative estimate of drug-likeness (QED) is 0.781. The van der Waals surface area contributed by atoms with Gasteiger partial charge in [0.1, 0.15) is 6.04 Å². The predicted octanol–water partition coefficient (Wildman–Crippen LogP) is 2.64. The van der Waals surface area contributed by atoms with Crippen molar-refractivity contribution < 1.29 is 9.90 Å². The third kappa shape index (κ3) is 4.22. The van der Waals surface area contributed by atoms with E-state index in [0.717, 1.165) is 17.7 Å². The molecular weight excluding hydrogens is 258 g/mol. The van der Waals surface area contributed by atoms with Gasteiger partial charge in [0.25, 0.3) is 0 Å². The van der Waals surface area contributed by atoms with Gasteiger partial charge < -0.3 is 10.4 Å². The Hall–Kier alpha value is -0.710. The molecule has 0 spiro atoms. The second kappa shape index (κ2) is 5.76. The van der Waals surface area contributed by atoms with Gasteiger partial charge in [-0.05, 0) is 37.1 Å². The lowest BCUT2D eigenvalue weighted by atomic mass is 10.3. The first-order valence-electron chi connectivity index (χ1n) is 5.52. The van der Waals surface area contributed by atoms with Crippen molar-refractivity contribution in [1.29, 1.82) is 0 Å². The molecule has 0 heterocycles. The summed E-state index contributed by atoms with van der Waals surface area (Å²) < 4.78 is 0. The van der Waals surface area contributed by atoms with Crippen LogP contribution in [0.15, 0.2) is 29.2 Å². The minimum absolute atomic E-state index is 0.405. The molecule has 1 saturated carbocycles. The Morgan fingerprint density at radius 2 is 2.12 bits per heavy atom. The smallest absolute Gasteiger partial charge is 0.321 e. The Kier molecular flexibility index (Phi) is 4.31. The van der Waals surface area contributed by atoms with Crippen LogP contribution < -0.4 is 5.32 Å². The van der Waals surface area contributed by atoms with Gasteiger partial charge in [-0.2, -0.15) is 0 Å². The Morgan fingerprint density at radius 1 is 1.47 bits per heavy atom. The summed E-state index contributed by atoms with van der Waals surface area (Å²) >= 11 is 7.32. The highest BCUT2D eigenvalue weighted by Gasteiger charge is 2.28. The van der Waals surface area contributed by atoms with Gasteiger partial charge in [-0.25, -0.2) is 0 Å². The summed E-state index contributed by atoms with van der Waals surface area (Å²) in [6, 6.07) is 7.37. The molecule has 1 unspecified atom stereocenters. The molecule has 1 fully saturated rings. The molecule has 0 aliphatic heterocycles. The Morgan fingerprint density at radius 3 is 2.65 bits per heavy atom. The van der Waals surface area contributed by atoms with Gasteiger partial charge in [-0.15, -0.1) is 11.8 Å². The van der Waals surface area contributed by atoms with Gasteiger partial charge in [-0.1, -0.05) is 11.6 Å². The van der Waals surface area contributed by atoms with E-state index in [4.69, 9.17) is 16.7 Å². The van der Waals surface area contributed by atoms with Crippen molar-refractivity contribution in [3.8, 4) is 0 Å². The van der Waals surface area contributed by atoms with Gasteiger partial charge >= 0.3 is 5.97 Å². The first-order valence-corrected chi connectivity index (χ1v) is 6.89. The van der Waals surface area contributed by atoms with Crippen LogP contribution in [0.4, 0.5) is 0 Å². The van der Waals surface area contributed by atoms with Crippen molar-refractivity contribution in [2.75, 3.05) is 5.75 Å². The summed E-state index contributed by atoms with van der Waals surface area (Å²) in [5.74, 6) is -0.244. The molecule has 1 aromatic carbocycles. The summed E-state index contributed by atoms with van der Waals surface area (Å²) in [5, 5.41) is 12.9. The lowest BCUT2D eigenvalue weighted by molar-refractivity contribution is -0.138. The molecule has 17 heavy (non-hydrogen) atoms. The van der Waals surface area contributed by atoms with Gasteiger partial charge in [0.2, 0.25) is 0 Å². The van der Waals surface area contributed by atoms with E-state index in [9.17, 15) is 4.79 Å². The minimum Gasteiger partial charge on any atom is -0.480 e. The number of hydrogen-bond donors (Lipinski definition) is 2. The van der Waals surface area contributed by atoms with Gasteiger partial charge in [0.05, 0.1) is 0 Å². The van der Waals surface area contributed by atoms with E-state index in [1.165, 1.54) is 11.8 Å². The highest BCUT2D eigenvalue weighted by Crippen LogP contribution is 2.23. The van der Waals surface area contributed by atoms with E-state index in [1.54, 1.807) is 0 Å². The fourth-order valence-corrected chi connectivity index (χ4v) is 2.49. The minimum atomic E-state index is -0.779. The first-order chi connectivity index (χ1) is 8.15. The molecule has 1 aromatic rings. The molecule has 3 nitrogen and oxygen atoms in total. The zero-order chi connectivity index (χ0) is 12.3. The highest BCUT2D eigenvalue weighted by molar-refractivity contribution is 7.99. The van der Waals surface area contributed by atoms with E-state index in [0.29, 0.717) is 16.8 Å². The molecule has 2 N–H and O–H groups in total. The van der Waals surface area contributed by atoms with E-state index in [1.807, 2.05) is 24.3 Å². The second-order valence-electron chi connectivity index (χ2n) is 4.10. The van der Waals surface area contributed by atoms with Gasteiger partial charge in [0.15, 0.2) is 0 Å². The monoisotopic (exact) mass is 271 g/mol. The molecule has 5 heteroatoms. The van der Waals surface area contributed by atoms with Crippen LogP contribution in [0.2, 0.25) is 5.02 Å². The third-order valence-electron chi connectivity index (χ3n) is 2.54. The average molecular weight is 272 g/mol. The van der Waals surface area contributed by atoms with Crippen LogP contribution in [-0.2, 0) is 4.79 Å². The van der Waals surface area contributed by atoms with Gasteiger partial charge in [-0.3, -0.25) is 4.79 Å². The number of carboxylic acids is 1. The number of rotatable bonds is 6. The van der Waals surface area contributed by atoms with Crippen LogP contribution in [0, 0.1) is 0 Å². The number of hydrogen-bond acceptors (Lipinski definition) is 3. The number of nitrogens with one attached hydrogen (secondary N) is 1. The fourth-order valence-electron chi connectivity index (χ4n) is 1.44. The lowest BCUT2D eigenvalue weighted by Gasteiger charge is -2.13. The Bertz CT molecular complexity index is 392. The number of thioether (sulfide) groups is 1. The van der Waals surface area contributed by atoms with Crippen LogP contribution >= 0.6 is 23.4 Å². The molecule has 0 bridgehead atoms. The zero-order valence-corrected chi connectivity index (χ0v) is 10.8. The number of carbonyl (C=O) groups is 1. The maximum atomic E-state index is 11.0. The Balaban J connectivity index is 1.85. The van der Waals surface area contributed by atoms with Gasteiger partial charge in [0, 0.05) is 21.7 Å². The molecule has 0 saturated heterocycles. The molecule has 2 rings (SSSR count). The average Bonchev–Trinajstić information content (AvgIpc) is 3.10. The zero-order valence-electron chi connectivity index (χ0n) is 9.23. The molecule has 1 atom stereocenters.